The Hall–Kier alpha value is -5.85. The van der Waals surface area contributed by atoms with Gasteiger partial charge in [-0.05, 0) is 67.8 Å². The molecule has 0 spiro atoms. The molecule has 1 unspecified atom stereocenters. The Balaban J connectivity index is 1.47. The molecule has 7 N–H and O–H groups in total. The van der Waals surface area contributed by atoms with Crippen molar-refractivity contribution in [2.75, 3.05) is 23.3 Å². The molecule has 2 heterocycles. The van der Waals surface area contributed by atoms with Crippen molar-refractivity contribution in [3.8, 4) is 0 Å². The van der Waals surface area contributed by atoms with Crippen LogP contribution in [0, 0.1) is 0 Å². The summed E-state index contributed by atoms with van der Waals surface area (Å²) in [6.45, 7) is 3.54. The summed E-state index contributed by atoms with van der Waals surface area (Å²) in [6.07, 6.45) is 0.890. The molecule has 1 aromatic heterocycles. The first-order chi connectivity index (χ1) is 21.6. The van der Waals surface area contributed by atoms with Crippen LogP contribution in [0.1, 0.15) is 51.7 Å². The maximum atomic E-state index is 13.7. The van der Waals surface area contributed by atoms with E-state index in [-0.39, 0.29) is 18.3 Å². The number of carboxylic acid groups (broad SMARTS) is 1. The van der Waals surface area contributed by atoms with E-state index in [4.69, 9.17) is 21.4 Å². The third-order valence-electron chi connectivity index (χ3n) is 7.51. The van der Waals surface area contributed by atoms with Gasteiger partial charge >= 0.3 is 12.1 Å². The van der Waals surface area contributed by atoms with Crippen LogP contribution >= 0.6 is 0 Å². The number of carbonyl (C=O) groups is 4. The van der Waals surface area contributed by atoms with Gasteiger partial charge in [-0.1, -0.05) is 35.5 Å². The molecule has 13 nitrogen and oxygen atoms in total. The number of carbonyl (C=O) groups excluding carboxylic acids is 3. The lowest BCUT2D eigenvalue weighted by Gasteiger charge is -2.18. The first-order valence-electron chi connectivity index (χ1n) is 14.3. The highest BCUT2D eigenvalue weighted by Gasteiger charge is 2.20. The quantitative estimate of drug-likeness (QED) is 0.0778. The van der Waals surface area contributed by atoms with Crippen molar-refractivity contribution >= 4 is 52.0 Å². The Bertz CT molecular complexity index is 1790. The number of hydrogen-bond donors (Lipinski definition) is 5. The third-order valence-corrected chi connectivity index (χ3v) is 7.51. The lowest BCUT2D eigenvalue weighted by Crippen LogP contribution is -2.38. The van der Waals surface area contributed by atoms with Gasteiger partial charge < -0.3 is 41.5 Å². The highest BCUT2D eigenvalue weighted by Crippen LogP contribution is 2.26. The van der Waals surface area contributed by atoms with Crippen LogP contribution in [0.25, 0.3) is 10.9 Å². The van der Waals surface area contributed by atoms with Gasteiger partial charge in [0.2, 0.25) is 5.91 Å². The highest BCUT2D eigenvalue weighted by molar-refractivity contribution is 6.08. The van der Waals surface area contributed by atoms with Crippen LogP contribution in [0.4, 0.5) is 16.2 Å². The molecular weight excluding hydrogens is 578 g/mol. The van der Waals surface area contributed by atoms with Gasteiger partial charge in [-0.3, -0.25) is 9.59 Å². The number of amidine groups is 1. The Morgan fingerprint density at radius 2 is 1.67 bits per heavy atom. The fourth-order valence-corrected chi connectivity index (χ4v) is 5.15. The summed E-state index contributed by atoms with van der Waals surface area (Å²) in [6, 6.07) is 20.3. The second kappa shape index (κ2) is 13.2. The van der Waals surface area contributed by atoms with Crippen LogP contribution in [0.3, 0.4) is 0 Å². The van der Waals surface area contributed by atoms with Crippen molar-refractivity contribution in [2.45, 2.75) is 32.4 Å². The largest absolute Gasteiger partial charge is 0.465 e. The maximum Gasteiger partial charge on any atom is 0.405 e. The van der Waals surface area contributed by atoms with Crippen molar-refractivity contribution in [1.82, 2.24) is 9.88 Å². The SMILES string of the molecule is CC(NC(=O)O)C(=O)ON=C(N)c1ccc2cc(C(=O)Nc3cccc(N4CCCC4)c3)n(Cc3ccc(C(N)=O)cc3)c2c1. The zero-order chi connectivity index (χ0) is 32.1. The summed E-state index contributed by atoms with van der Waals surface area (Å²) < 4.78 is 1.82. The van der Waals surface area contributed by atoms with Gasteiger partial charge in [0.1, 0.15) is 11.7 Å². The molecule has 0 aliphatic carbocycles. The number of anilines is 2. The van der Waals surface area contributed by atoms with Gasteiger partial charge in [0.05, 0.1) is 0 Å². The molecule has 13 heteroatoms. The summed E-state index contributed by atoms with van der Waals surface area (Å²) in [7, 11) is 0. The molecule has 232 valence electrons. The normalized spacial score (nSPS) is 13.8. The minimum absolute atomic E-state index is 0.129. The summed E-state index contributed by atoms with van der Waals surface area (Å²) in [5.74, 6) is -1.93. The van der Waals surface area contributed by atoms with Gasteiger partial charge in [0, 0.05) is 53.0 Å². The van der Waals surface area contributed by atoms with Crippen LogP contribution in [0.2, 0.25) is 0 Å². The zero-order valence-electron chi connectivity index (χ0n) is 24.5. The molecule has 1 fully saturated rings. The molecule has 0 radical (unpaired) electrons. The van der Waals surface area contributed by atoms with E-state index in [1.54, 1.807) is 48.5 Å². The number of fused-ring (bicyclic) bond motifs is 1. The molecule has 0 bridgehead atoms. The molecule has 5 rings (SSSR count). The molecule has 3 aromatic carbocycles. The van der Waals surface area contributed by atoms with Crippen LogP contribution in [-0.2, 0) is 16.2 Å². The summed E-state index contributed by atoms with van der Waals surface area (Å²) in [4.78, 5) is 55.3. The van der Waals surface area contributed by atoms with E-state index < -0.39 is 24.0 Å². The smallest absolute Gasteiger partial charge is 0.405 e. The molecule has 1 aliphatic heterocycles. The fraction of sp³-hybridized carbons (Fsp3) is 0.219. The molecule has 45 heavy (non-hydrogen) atoms. The fourth-order valence-electron chi connectivity index (χ4n) is 5.15. The van der Waals surface area contributed by atoms with E-state index >= 15 is 0 Å². The van der Waals surface area contributed by atoms with E-state index in [0.717, 1.165) is 42.6 Å². The Morgan fingerprint density at radius 3 is 2.36 bits per heavy atom. The van der Waals surface area contributed by atoms with Crippen molar-refractivity contribution in [3.05, 3.63) is 95.2 Å². The number of oxime groups is 1. The number of aromatic nitrogens is 1. The van der Waals surface area contributed by atoms with Gasteiger partial charge in [-0.25, -0.2) is 9.59 Å². The first kappa shape index (κ1) is 30.6. The first-order valence-corrected chi connectivity index (χ1v) is 14.3. The standard InChI is InChI=1S/C32H33N7O6/c1-19(35-32(43)44)31(42)45-37-28(33)23-12-11-22-15-27(30(41)36-24-5-4-6-25(17-24)38-13-2-3-14-38)39(26(22)16-23)18-20-7-9-21(10-8-20)29(34)40/h4-12,15-17,19,35H,2-3,13-14,18H2,1H3,(H2,33,37)(H2,34,40)(H,36,41)(H,43,44). The average molecular weight is 612 g/mol. The number of rotatable bonds is 10. The van der Waals surface area contributed by atoms with E-state index in [1.807, 2.05) is 34.1 Å². The maximum absolute atomic E-state index is 13.7. The zero-order valence-corrected chi connectivity index (χ0v) is 24.5. The molecule has 1 aliphatic rings. The van der Waals surface area contributed by atoms with Crippen molar-refractivity contribution in [1.29, 1.82) is 0 Å². The highest BCUT2D eigenvalue weighted by atomic mass is 16.7. The van der Waals surface area contributed by atoms with Crippen LogP contribution < -0.4 is 27.0 Å². The van der Waals surface area contributed by atoms with Gasteiger partial charge in [-0.2, -0.15) is 0 Å². The van der Waals surface area contributed by atoms with Crippen molar-refractivity contribution in [3.63, 3.8) is 0 Å². The number of nitrogens with zero attached hydrogens (tertiary/aromatic N) is 3. The number of benzene rings is 3. The topological polar surface area (TPSA) is 194 Å². The number of hydrogen-bond acceptors (Lipinski definition) is 7. The molecule has 4 aromatic rings. The van der Waals surface area contributed by atoms with E-state index in [9.17, 15) is 19.2 Å². The summed E-state index contributed by atoms with van der Waals surface area (Å²) in [5, 5.41) is 18.2. The monoisotopic (exact) mass is 611 g/mol. The Morgan fingerprint density at radius 1 is 0.956 bits per heavy atom. The molecule has 3 amide bonds. The minimum Gasteiger partial charge on any atom is -0.465 e. The van der Waals surface area contributed by atoms with E-state index in [0.29, 0.717) is 28.0 Å². The number of nitrogens with two attached hydrogens (primary N) is 2. The molecular formula is C32H33N7O6. The Kier molecular flexibility index (Phi) is 8.98. The number of amides is 3. The van der Waals surface area contributed by atoms with Gasteiger partial charge in [-0.15, -0.1) is 0 Å². The number of nitrogens with one attached hydrogen (secondary N) is 2. The molecule has 1 atom stereocenters. The van der Waals surface area contributed by atoms with E-state index in [2.05, 4.69) is 15.4 Å². The molecule has 1 saturated heterocycles. The summed E-state index contributed by atoms with van der Waals surface area (Å²) in [5.41, 5.74) is 15.8. The van der Waals surface area contributed by atoms with Gasteiger partial charge in [0.15, 0.2) is 5.84 Å². The lowest BCUT2D eigenvalue weighted by molar-refractivity contribution is -0.145. The van der Waals surface area contributed by atoms with Crippen molar-refractivity contribution < 1.29 is 29.1 Å². The summed E-state index contributed by atoms with van der Waals surface area (Å²) >= 11 is 0. The Labute approximate surface area is 258 Å². The molecule has 0 saturated carbocycles. The average Bonchev–Trinajstić information content (AvgIpc) is 3.68. The predicted molar refractivity (Wildman–Crippen MR) is 169 cm³/mol. The third kappa shape index (κ3) is 7.21. The minimum atomic E-state index is -1.38. The van der Waals surface area contributed by atoms with Crippen LogP contribution in [-0.4, -0.2) is 58.5 Å². The van der Waals surface area contributed by atoms with Crippen molar-refractivity contribution in [2.24, 2.45) is 16.6 Å². The second-order valence-electron chi connectivity index (χ2n) is 10.7. The lowest BCUT2D eigenvalue weighted by atomic mass is 10.1. The number of primary amides is 1. The van der Waals surface area contributed by atoms with Crippen LogP contribution in [0.5, 0.6) is 0 Å². The predicted octanol–water partition coefficient (Wildman–Crippen LogP) is 3.46. The second-order valence-corrected chi connectivity index (χ2v) is 10.7. The van der Waals surface area contributed by atoms with Crippen LogP contribution in [0.15, 0.2) is 78.0 Å². The van der Waals surface area contributed by atoms with Gasteiger partial charge in [0.25, 0.3) is 5.91 Å². The van der Waals surface area contributed by atoms with E-state index in [1.165, 1.54) is 6.92 Å².